The van der Waals surface area contributed by atoms with Gasteiger partial charge in [0, 0.05) is 11.3 Å². The zero-order valence-corrected chi connectivity index (χ0v) is 18.3. The number of amides is 1. The molecule has 1 atom stereocenters. The van der Waals surface area contributed by atoms with E-state index in [4.69, 9.17) is 4.74 Å². The third-order valence-electron chi connectivity index (χ3n) is 5.65. The average Bonchev–Trinajstić information content (AvgIpc) is 3.09. The second-order valence-corrected chi connectivity index (χ2v) is 7.86. The molecule has 1 saturated heterocycles. The molecule has 4 rings (SSSR count). The predicted molar refractivity (Wildman–Crippen MR) is 120 cm³/mol. The molecule has 1 unspecified atom stereocenters. The minimum absolute atomic E-state index is 0.110. The molecule has 0 saturated carbocycles. The number of hydrogen-bond acceptors (Lipinski definition) is 4. The Bertz CT molecular complexity index is 1280. The van der Waals surface area contributed by atoms with Crippen LogP contribution >= 0.6 is 0 Å². The summed E-state index contributed by atoms with van der Waals surface area (Å²) >= 11 is 0. The van der Waals surface area contributed by atoms with Crippen LogP contribution in [0.1, 0.15) is 28.3 Å². The Hall–Kier alpha value is -4.07. The van der Waals surface area contributed by atoms with Gasteiger partial charge in [0.2, 0.25) is 0 Å². The fourth-order valence-corrected chi connectivity index (χ4v) is 3.90. The van der Waals surface area contributed by atoms with Gasteiger partial charge in [-0.25, -0.2) is 0 Å². The molecule has 34 heavy (non-hydrogen) atoms. The summed E-state index contributed by atoms with van der Waals surface area (Å²) < 4.78 is 45.2. The van der Waals surface area contributed by atoms with Crippen LogP contribution in [0.5, 0.6) is 5.75 Å². The van der Waals surface area contributed by atoms with E-state index in [1.54, 1.807) is 48.5 Å². The van der Waals surface area contributed by atoms with Crippen molar-refractivity contribution < 1.29 is 32.6 Å². The maximum absolute atomic E-state index is 13.4. The molecule has 0 aromatic heterocycles. The minimum atomic E-state index is -4.64. The summed E-state index contributed by atoms with van der Waals surface area (Å²) in [6, 6.07) is 16.1. The lowest BCUT2D eigenvalue weighted by Gasteiger charge is -2.26. The molecule has 0 spiro atoms. The van der Waals surface area contributed by atoms with E-state index in [2.05, 4.69) is 0 Å². The van der Waals surface area contributed by atoms with E-state index in [0.29, 0.717) is 16.9 Å². The van der Waals surface area contributed by atoms with Crippen molar-refractivity contribution in [2.75, 3.05) is 12.0 Å². The number of methoxy groups -OCH3 is 1. The molecule has 0 aliphatic carbocycles. The summed E-state index contributed by atoms with van der Waals surface area (Å²) in [6.07, 6.45) is -4.64. The van der Waals surface area contributed by atoms with Crippen molar-refractivity contribution >= 4 is 23.1 Å². The fourth-order valence-electron chi connectivity index (χ4n) is 3.90. The highest BCUT2D eigenvalue weighted by atomic mass is 19.4. The summed E-state index contributed by atoms with van der Waals surface area (Å²) in [7, 11) is 1.47. The van der Waals surface area contributed by atoms with E-state index in [0.717, 1.165) is 22.6 Å². The lowest BCUT2D eigenvalue weighted by atomic mass is 9.94. The molecule has 174 valence electrons. The number of hydrogen-bond donors (Lipinski definition) is 1. The highest BCUT2D eigenvalue weighted by molar-refractivity contribution is 6.51. The lowest BCUT2D eigenvalue weighted by molar-refractivity contribution is -0.137. The van der Waals surface area contributed by atoms with Crippen molar-refractivity contribution in [3.05, 3.63) is 101 Å². The quantitative estimate of drug-likeness (QED) is 0.306. The lowest BCUT2D eigenvalue weighted by Crippen LogP contribution is -2.29. The van der Waals surface area contributed by atoms with Crippen molar-refractivity contribution in [1.82, 2.24) is 0 Å². The normalized spacial score (nSPS) is 17.8. The van der Waals surface area contributed by atoms with Crippen LogP contribution in [0, 0.1) is 6.92 Å². The van der Waals surface area contributed by atoms with Gasteiger partial charge in [0.25, 0.3) is 11.7 Å². The molecular formula is C26H20F3NO4. The third kappa shape index (κ3) is 4.14. The number of nitrogens with zero attached hydrogens (tertiary/aromatic N) is 1. The highest BCUT2D eigenvalue weighted by Gasteiger charge is 2.47. The molecule has 1 heterocycles. The van der Waals surface area contributed by atoms with Crippen LogP contribution in [0.2, 0.25) is 0 Å². The van der Waals surface area contributed by atoms with E-state index in [-0.39, 0.29) is 11.3 Å². The number of benzene rings is 3. The number of alkyl halides is 3. The first-order valence-electron chi connectivity index (χ1n) is 10.3. The molecule has 3 aromatic carbocycles. The molecule has 5 nitrogen and oxygen atoms in total. The number of aliphatic hydroxyl groups is 1. The summed E-state index contributed by atoms with van der Waals surface area (Å²) in [4.78, 5) is 27.2. The topological polar surface area (TPSA) is 66.8 Å². The number of anilines is 1. The van der Waals surface area contributed by atoms with E-state index in [1.165, 1.54) is 19.2 Å². The molecule has 1 amide bonds. The standard InChI is InChI=1S/C26H20F3NO4/c1-15-6-8-17(9-7-15)23(31)21-22(16-10-12-20(34-2)13-11-16)30(25(33)24(21)32)19-5-3-4-18(14-19)26(27,28)29/h3-14,22,31H,1-2H3. The van der Waals surface area contributed by atoms with E-state index < -0.39 is 35.2 Å². The van der Waals surface area contributed by atoms with Crippen molar-refractivity contribution in [3.8, 4) is 5.75 Å². The Balaban J connectivity index is 1.93. The summed E-state index contributed by atoms with van der Waals surface area (Å²) in [6.45, 7) is 1.85. The van der Waals surface area contributed by atoms with Crippen LogP contribution in [0.3, 0.4) is 0 Å². The van der Waals surface area contributed by atoms with Crippen molar-refractivity contribution in [2.24, 2.45) is 0 Å². The Morgan fingerprint density at radius 2 is 1.62 bits per heavy atom. The molecule has 8 heteroatoms. The Kier molecular flexibility index (Phi) is 5.91. The van der Waals surface area contributed by atoms with Gasteiger partial charge < -0.3 is 9.84 Å². The van der Waals surface area contributed by atoms with Gasteiger partial charge in [-0.2, -0.15) is 13.2 Å². The number of Topliss-reactive ketones (excluding diaryl/α,β-unsaturated/α-hetero) is 1. The van der Waals surface area contributed by atoms with Gasteiger partial charge in [-0.1, -0.05) is 48.0 Å². The molecule has 1 aliphatic heterocycles. The van der Waals surface area contributed by atoms with Gasteiger partial charge >= 0.3 is 6.18 Å². The smallest absolute Gasteiger partial charge is 0.416 e. The van der Waals surface area contributed by atoms with Crippen molar-refractivity contribution in [2.45, 2.75) is 19.1 Å². The van der Waals surface area contributed by atoms with Crippen molar-refractivity contribution in [1.29, 1.82) is 0 Å². The molecule has 3 aromatic rings. The second-order valence-electron chi connectivity index (χ2n) is 7.86. The Labute approximate surface area is 193 Å². The maximum atomic E-state index is 13.4. The van der Waals surface area contributed by atoms with Crippen LogP contribution < -0.4 is 9.64 Å². The summed E-state index contributed by atoms with van der Waals surface area (Å²) in [5.74, 6) is -1.92. The van der Waals surface area contributed by atoms with Gasteiger partial charge in [0.1, 0.15) is 11.5 Å². The molecule has 0 bridgehead atoms. The number of aryl methyl sites for hydroxylation is 1. The van der Waals surface area contributed by atoms with Crippen LogP contribution in [-0.2, 0) is 15.8 Å². The number of ether oxygens (including phenoxy) is 1. The SMILES string of the molecule is COc1ccc(C2C(=C(O)c3ccc(C)cc3)C(=O)C(=O)N2c2cccc(C(F)(F)F)c2)cc1. The molecule has 1 aliphatic rings. The molecule has 1 fully saturated rings. The number of rotatable bonds is 4. The molecular weight excluding hydrogens is 447 g/mol. The monoisotopic (exact) mass is 467 g/mol. The summed E-state index contributed by atoms with van der Waals surface area (Å²) in [5.41, 5.74) is 0.376. The third-order valence-corrected chi connectivity index (χ3v) is 5.65. The first-order valence-corrected chi connectivity index (χ1v) is 10.3. The Morgan fingerprint density at radius 3 is 2.21 bits per heavy atom. The van der Waals surface area contributed by atoms with Crippen LogP contribution in [0.15, 0.2) is 78.4 Å². The van der Waals surface area contributed by atoms with E-state index in [9.17, 15) is 27.9 Å². The van der Waals surface area contributed by atoms with Crippen LogP contribution in [0.25, 0.3) is 5.76 Å². The van der Waals surface area contributed by atoms with Crippen LogP contribution in [0.4, 0.5) is 18.9 Å². The average molecular weight is 467 g/mol. The first-order chi connectivity index (χ1) is 16.1. The number of ketones is 1. The van der Waals surface area contributed by atoms with Gasteiger partial charge in [0.15, 0.2) is 0 Å². The van der Waals surface area contributed by atoms with Gasteiger partial charge in [-0.15, -0.1) is 0 Å². The van der Waals surface area contributed by atoms with Gasteiger partial charge in [-0.3, -0.25) is 14.5 Å². The number of carbonyl (C=O) groups excluding carboxylic acids is 2. The number of aliphatic hydroxyl groups excluding tert-OH is 1. The van der Waals surface area contributed by atoms with Gasteiger partial charge in [0.05, 0.1) is 24.3 Å². The fraction of sp³-hybridized carbons (Fsp3) is 0.154. The first kappa shape index (κ1) is 23.1. The molecule has 1 N–H and O–H groups in total. The number of carbonyl (C=O) groups is 2. The maximum Gasteiger partial charge on any atom is 0.416 e. The predicted octanol–water partition coefficient (Wildman–Crippen LogP) is 5.65. The van der Waals surface area contributed by atoms with E-state index >= 15 is 0 Å². The largest absolute Gasteiger partial charge is 0.507 e. The second kappa shape index (κ2) is 8.70. The van der Waals surface area contributed by atoms with E-state index in [1.807, 2.05) is 6.92 Å². The zero-order chi connectivity index (χ0) is 24.6. The van der Waals surface area contributed by atoms with Gasteiger partial charge in [-0.05, 0) is 42.8 Å². The number of halogens is 3. The zero-order valence-electron chi connectivity index (χ0n) is 18.3. The highest BCUT2D eigenvalue weighted by Crippen LogP contribution is 2.43. The Morgan fingerprint density at radius 1 is 0.971 bits per heavy atom. The van der Waals surface area contributed by atoms with Crippen LogP contribution in [-0.4, -0.2) is 23.9 Å². The van der Waals surface area contributed by atoms with Crippen molar-refractivity contribution in [3.63, 3.8) is 0 Å². The molecule has 0 radical (unpaired) electrons. The minimum Gasteiger partial charge on any atom is -0.507 e. The summed E-state index contributed by atoms with van der Waals surface area (Å²) in [5, 5.41) is 11.1.